The van der Waals surface area contributed by atoms with Crippen molar-refractivity contribution in [2.24, 2.45) is 0 Å². The number of aromatic nitrogens is 2. The van der Waals surface area contributed by atoms with Crippen molar-refractivity contribution in [3.63, 3.8) is 0 Å². The Balaban J connectivity index is 1.92. The summed E-state index contributed by atoms with van der Waals surface area (Å²) in [5, 5.41) is 7.88. The van der Waals surface area contributed by atoms with Crippen molar-refractivity contribution in [2.75, 3.05) is 5.32 Å². The summed E-state index contributed by atoms with van der Waals surface area (Å²) in [6, 6.07) is 8.03. The Morgan fingerprint density at radius 2 is 2.05 bits per heavy atom. The lowest BCUT2D eigenvalue weighted by molar-refractivity contribution is -0.116. The molecule has 1 N–H and O–H groups in total. The van der Waals surface area contributed by atoms with Gasteiger partial charge in [-0.05, 0) is 37.5 Å². The number of fused-ring (bicyclic) bond motifs is 1. The summed E-state index contributed by atoms with van der Waals surface area (Å²) in [6.45, 7) is 1.93. The van der Waals surface area contributed by atoms with Crippen LogP contribution in [0.2, 0.25) is 0 Å². The number of hydrogen-bond acceptors (Lipinski definition) is 3. The van der Waals surface area contributed by atoms with Crippen LogP contribution in [0.4, 0.5) is 10.2 Å². The number of Topliss-reactive ketones (excluding diaryl/α,β-unsaturated/α-hetero) is 1. The second kappa shape index (κ2) is 4.80. The maximum Gasteiger partial charge on any atom is 0.163 e. The Morgan fingerprint density at radius 3 is 2.82 bits per heavy atom. The number of rotatable bonds is 1. The van der Waals surface area contributed by atoms with Crippen molar-refractivity contribution in [1.82, 2.24) is 9.78 Å². The summed E-state index contributed by atoms with van der Waals surface area (Å²) in [6.07, 6.45) is 2.30. The van der Waals surface area contributed by atoms with Crippen LogP contribution in [0, 0.1) is 12.7 Å². The monoisotopic (exact) mass is 297 g/mol. The first-order valence-corrected chi connectivity index (χ1v) is 7.48. The molecule has 1 aromatic carbocycles. The highest BCUT2D eigenvalue weighted by Gasteiger charge is 2.35. The van der Waals surface area contributed by atoms with E-state index < -0.39 is 0 Å². The van der Waals surface area contributed by atoms with Gasteiger partial charge in [-0.2, -0.15) is 5.10 Å². The fraction of sp³-hybridized carbons (Fsp3) is 0.294. The maximum atomic E-state index is 13.2. The topological polar surface area (TPSA) is 46.9 Å². The van der Waals surface area contributed by atoms with E-state index in [1.54, 1.807) is 12.1 Å². The van der Waals surface area contributed by atoms with E-state index >= 15 is 0 Å². The number of nitrogens with zero attached hydrogens (tertiary/aromatic N) is 2. The number of carbonyl (C=O) groups is 1. The average molecular weight is 297 g/mol. The van der Waals surface area contributed by atoms with Gasteiger partial charge in [0, 0.05) is 23.8 Å². The number of aryl methyl sites for hydroxylation is 1. The van der Waals surface area contributed by atoms with Crippen molar-refractivity contribution in [1.29, 1.82) is 0 Å². The Morgan fingerprint density at radius 1 is 1.27 bits per heavy atom. The third-order valence-corrected chi connectivity index (χ3v) is 4.30. The van der Waals surface area contributed by atoms with Crippen LogP contribution < -0.4 is 5.32 Å². The molecule has 0 bridgehead atoms. The van der Waals surface area contributed by atoms with E-state index in [-0.39, 0.29) is 17.6 Å². The van der Waals surface area contributed by atoms with Gasteiger partial charge in [0.1, 0.15) is 17.7 Å². The Bertz CT molecular complexity index is 789. The van der Waals surface area contributed by atoms with Crippen LogP contribution in [-0.2, 0) is 4.79 Å². The zero-order valence-corrected chi connectivity index (χ0v) is 12.3. The average Bonchev–Trinajstić information content (AvgIpc) is 2.86. The number of halogens is 1. The Kier molecular flexibility index (Phi) is 2.89. The number of carbonyl (C=O) groups excluding carboxylic acids is 1. The molecule has 0 saturated heterocycles. The third-order valence-electron chi connectivity index (χ3n) is 4.30. The van der Waals surface area contributed by atoms with Crippen LogP contribution in [-0.4, -0.2) is 15.6 Å². The molecule has 1 atom stereocenters. The molecule has 0 fully saturated rings. The quantitative estimate of drug-likeness (QED) is 0.878. The Labute approximate surface area is 127 Å². The van der Waals surface area contributed by atoms with Gasteiger partial charge in [0.25, 0.3) is 0 Å². The summed E-state index contributed by atoms with van der Waals surface area (Å²) in [5.74, 6) is 0.765. The zero-order valence-electron chi connectivity index (χ0n) is 12.3. The first-order chi connectivity index (χ1) is 10.6. The van der Waals surface area contributed by atoms with Gasteiger partial charge in [0.2, 0.25) is 0 Å². The molecule has 2 aromatic rings. The van der Waals surface area contributed by atoms with Crippen molar-refractivity contribution < 1.29 is 9.18 Å². The number of ketones is 1. The molecule has 4 rings (SSSR count). The predicted octanol–water partition coefficient (Wildman–Crippen LogP) is 3.35. The zero-order chi connectivity index (χ0) is 15.3. The van der Waals surface area contributed by atoms with E-state index in [2.05, 4.69) is 10.4 Å². The molecule has 2 heterocycles. The van der Waals surface area contributed by atoms with E-state index in [1.165, 1.54) is 12.1 Å². The summed E-state index contributed by atoms with van der Waals surface area (Å²) < 4.78 is 15.1. The van der Waals surface area contributed by atoms with Crippen LogP contribution in [0.15, 0.2) is 41.6 Å². The molecule has 1 aliphatic carbocycles. The van der Waals surface area contributed by atoms with Gasteiger partial charge < -0.3 is 5.32 Å². The number of anilines is 1. The molecule has 0 radical (unpaired) electrons. The minimum absolute atomic E-state index is 0.155. The molecule has 22 heavy (non-hydrogen) atoms. The standard InChI is InChI=1S/C17H16FN3O/c1-10-9-15-19-13-3-2-4-14(22)16(13)17(21(15)20-10)11-5-7-12(18)8-6-11/h5-9,17,19H,2-4H2,1H3. The molecule has 4 nitrogen and oxygen atoms in total. The first-order valence-electron chi connectivity index (χ1n) is 7.48. The van der Waals surface area contributed by atoms with Crippen molar-refractivity contribution >= 4 is 11.6 Å². The summed E-state index contributed by atoms with van der Waals surface area (Å²) in [5.41, 5.74) is 3.53. The van der Waals surface area contributed by atoms with Crippen LogP contribution >= 0.6 is 0 Å². The number of allylic oxidation sites excluding steroid dienone is 2. The summed E-state index contributed by atoms with van der Waals surface area (Å²) in [4.78, 5) is 12.5. The van der Waals surface area contributed by atoms with E-state index in [4.69, 9.17) is 0 Å². The molecule has 5 heteroatoms. The highest BCUT2D eigenvalue weighted by atomic mass is 19.1. The summed E-state index contributed by atoms with van der Waals surface area (Å²) >= 11 is 0. The number of benzene rings is 1. The molecule has 2 aliphatic rings. The second-order valence-electron chi connectivity index (χ2n) is 5.86. The van der Waals surface area contributed by atoms with Crippen LogP contribution in [0.5, 0.6) is 0 Å². The van der Waals surface area contributed by atoms with Crippen LogP contribution in [0.3, 0.4) is 0 Å². The van der Waals surface area contributed by atoms with Gasteiger partial charge >= 0.3 is 0 Å². The van der Waals surface area contributed by atoms with Crippen molar-refractivity contribution in [3.05, 3.63) is 58.7 Å². The minimum atomic E-state index is -0.279. The van der Waals surface area contributed by atoms with Crippen LogP contribution in [0.25, 0.3) is 0 Å². The maximum absolute atomic E-state index is 13.2. The molecule has 1 aromatic heterocycles. The largest absolute Gasteiger partial charge is 0.343 e. The number of nitrogens with one attached hydrogen (secondary N) is 1. The lowest BCUT2D eigenvalue weighted by Gasteiger charge is -2.33. The van der Waals surface area contributed by atoms with Gasteiger partial charge in [-0.25, -0.2) is 9.07 Å². The fourth-order valence-corrected chi connectivity index (χ4v) is 3.35. The second-order valence-corrected chi connectivity index (χ2v) is 5.86. The normalized spacial score (nSPS) is 20.5. The first kappa shape index (κ1) is 13.2. The molecule has 1 unspecified atom stereocenters. The lowest BCUT2D eigenvalue weighted by Crippen LogP contribution is -2.31. The minimum Gasteiger partial charge on any atom is -0.343 e. The molecular formula is C17H16FN3O. The lowest BCUT2D eigenvalue weighted by atomic mass is 9.85. The summed E-state index contributed by atoms with van der Waals surface area (Å²) in [7, 11) is 0. The molecule has 0 amide bonds. The smallest absolute Gasteiger partial charge is 0.163 e. The molecule has 0 spiro atoms. The van der Waals surface area contributed by atoms with Crippen molar-refractivity contribution in [3.8, 4) is 0 Å². The van der Waals surface area contributed by atoms with E-state index in [9.17, 15) is 9.18 Å². The molecule has 112 valence electrons. The highest BCUT2D eigenvalue weighted by molar-refractivity contribution is 5.99. The van der Waals surface area contributed by atoms with Gasteiger partial charge in [-0.15, -0.1) is 0 Å². The van der Waals surface area contributed by atoms with Crippen molar-refractivity contribution in [2.45, 2.75) is 32.2 Å². The van der Waals surface area contributed by atoms with Gasteiger partial charge in [-0.1, -0.05) is 12.1 Å². The Hall–Kier alpha value is -2.43. The van der Waals surface area contributed by atoms with E-state index in [0.717, 1.165) is 41.2 Å². The molecular weight excluding hydrogens is 281 g/mol. The number of hydrogen-bond donors (Lipinski definition) is 1. The van der Waals surface area contributed by atoms with Gasteiger partial charge in [-0.3, -0.25) is 4.79 Å². The van der Waals surface area contributed by atoms with Gasteiger partial charge in [0.15, 0.2) is 5.78 Å². The molecule has 1 aliphatic heterocycles. The predicted molar refractivity (Wildman–Crippen MR) is 81.0 cm³/mol. The van der Waals surface area contributed by atoms with Crippen LogP contribution in [0.1, 0.15) is 36.6 Å². The van der Waals surface area contributed by atoms with E-state index in [0.29, 0.717) is 6.42 Å². The van der Waals surface area contributed by atoms with E-state index in [1.807, 2.05) is 17.7 Å². The highest BCUT2D eigenvalue weighted by Crippen LogP contribution is 2.40. The fourth-order valence-electron chi connectivity index (χ4n) is 3.35. The SMILES string of the molecule is Cc1cc2n(n1)C(c1ccc(F)cc1)C1=C(CCCC1=O)N2. The van der Waals surface area contributed by atoms with Gasteiger partial charge in [0.05, 0.1) is 5.69 Å². The molecule has 0 saturated carbocycles. The third kappa shape index (κ3) is 1.96.